The van der Waals surface area contributed by atoms with Gasteiger partial charge in [0, 0.05) is 23.1 Å². The zero-order chi connectivity index (χ0) is 21.2. The fourth-order valence-electron chi connectivity index (χ4n) is 7.11. The summed E-state index contributed by atoms with van der Waals surface area (Å²) in [5.74, 6) is 1.50. The van der Waals surface area contributed by atoms with Gasteiger partial charge < -0.3 is 15.3 Å². The van der Waals surface area contributed by atoms with E-state index in [1.165, 1.54) is 44.2 Å². The van der Waals surface area contributed by atoms with E-state index in [0.29, 0.717) is 11.5 Å². The molecule has 0 spiro atoms. The van der Waals surface area contributed by atoms with Gasteiger partial charge in [-0.1, -0.05) is 31.0 Å². The minimum atomic E-state index is 0. The van der Waals surface area contributed by atoms with E-state index < -0.39 is 0 Å². The predicted octanol–water partition coefficient (Wildman–Crippen LogP) is 5.24. The maximum atomic E-state index is 12.9. The highest BCUT2D eigenvalue weighted by Gasteiger charge is 2.53. The summed E-state index contributed by atoms with van der Waals surface area (Å²) in [6.45, 7) is 1.21. The molecule has 4 aliphatic rings. The van der Waals surface area contributed by atoms with Gasteiger partial charge >= 0.3 is 0 Å². The lowest BCUT2D eigenvalue weighted by Gasteiger charge is -2.58. The highest BCUT2D eigenvalue weighted by molar-refractivity contribution is 5.95. The van der Waals surface area contributed by atoms with Gasteiger partial charge in [-0.2, -0.15) is 0 Å². The number of aromatic hydroxyl groups is 1. The number of anilines is 1. The molecule has 5 heteroatoms. The lowest BCUT2D eigenvalue weighted by Crippen LogP contribution is -2.59. The zero-order valence-electron chi connectivity index (χ0n) is 18.7. The van der Waals surface area contributed by atoms with Gasteiger partial charge in [0.25, 0.3) is 0 Å². The fourth-order valence-corrected chi connectivity index (χ4v) is 7.11. The van der Waals surface area contributed by atoms with Crippen molar-refractivity contribution < 1.29 is 9.90 Å². The number of likely N-dealkylation sites (tertiary alicyclic amines) is 1. The highest BCUT2D eigenvalue weighted by Crippen LogP contribution is 2.56. The second-order valence-electron chi connectivity index (χ2n) is 10.4. The molecule has 5 atom stereocenters. The Morgan fingerprint density at radius 1 is 1.12 bits per heavy atom. The molecule has 170 valence electrons. The number of amides is 1. The minimum Gasteiger partial charge on any atom is -0.508 e. The van der Waals surface area contributed by atoms with Crippen molar-refractivity contribution in [1.29, 1.82) is 0 Å². The average Bonchev–Trinajstić information content (AvgIpc) is 3.58. The van der Waals surface area contributed by atoms with E-state index in [1.807, 2.05) is 12.1 Å². The third-order valence-corrected chi connectivity index (χ3v) is 8.83. The van der Waals surface area contributed by atoms with Gasteiger partial charge in [0.15, 0.2) is 0 Å². The van der Waals surface area contributed by atoms with E-state index in [-0.39, 0.29) is 35.9 Å². The normalized spacial score (nSPS) is 32.8. The van der Waals surface area contributed by atoms with Gasteiger partial charge in [0.2, 0.25) is 5.91 Å². The van der Waals surface area contributed by atoms with Gasteiger partial charge in [-0.3, -0.25) is 4.79 Å². The molecule has 2 bridgehead atoms. The Hall–Kier alpha value is -2.04. The summed E-state index contributed by atoms with van der Waals surface area (Å²) in [6, 6.07) is 14.7. The predicted molar refractivity (Wildman–Crippen MR) is 130 cm³/mol. The quantitative estimate of drug-likeness (QED) is 0.669. The van der Waals surface area contributed by atoms with Crippen molar-refractivity contribution in [1.82, 2.24) is 4.90 Å². The molecule has 3 aliphatic carbocycles. The van der Waals surface area contributed by atoms with Crippen LogP contribution in [0.3, 0.4) is 0 Å². The van der Waals surface area contributed by atoms with Crippen LogP contribution in [-0.4, -0.2) is 35.5 Å². The largest absolute Gasteiger partial charge is 0.508 e. The van der Waals surface area contributed by atoms with Crippen molar-refractivity contribution in [2.75, 3.05) is 18.9 Å². The van der Waals surface area contributed by atoms with Crippen LogP contribution in [0.2, 0.25) is 0 Å². The molecule has 2 saturated carbocycles. The maximum absolute atomic E-state index is 12.9. The number of likely N-dealkylation sites (N-methyl/N-ethyl adjacent to an activating group) is 1. The van der Waals surface area contributed by atoms with Crippen LogP contribution in [0.5, 0.6) is 5.75 Å². The summed E-state index contributed by atoms with van der Waals surface area (Å²) in [5.41, 5.74) is 5.49. The lowest BCUT2D eigenvalue weighted by atomic mass is 9.52. The van der Waals surface area contributed by atoms with E-state index >= 15 is 0 Å². The van der Waals surface area contributed by atoms with E-state index in [9.17, 15) is 9.90 Å². The Balaban J connectivity index is 0.00000216. The van der Waals surface area contributed by atoms with Crippen molar-refractivity contribution in [3.05, 3.63) is 59.2 Å². The average molecular weight is 453 g/mol. The Morgan fingerprint density at radius 2 is 1.94 bits per heavy atom. The number of hydrogen-bond acceptors (Lipinski definition) is 3. The summed E-state index contributed by atoms with van der Waals surface area (Å²) in [4.78, 5) is 15.5. The highest BCUT2D eigenvalue weighted by atomic mass is 35.5. The van der Waals surface area contributed by atoms with E-state index in [1.54, 1.807) is 17.7 Å². The number of piperidine rings is 1. The fraction of sp³-hybridized carbons (Fsp3) is 0.519. The molecule has 1 aliphatic heterocycles. The number of nitrogens with one attached hydrogen (secondary N) is 1. The molecule has 1 amide bonds. The monoisotopic (exact) mass is 452 g/mol. The number of carbonyl (C=O) groups is 1. The summed E-state index contributed by atoms with van der Waals surface area (Å²) < 4.78 is 0. The Kier molecular flexibility index (Phi) is 5.50. The van der Waals surface area contributed by atoms with Gasteiger partial charge in [0.05, 0.1) is 0 Å². The molecule has 32 heavy (non-hydrogen) atoms. The first-order valence-corrected chi connectivity index (χ1v) is 12.0. The Bertz CT molecular complexity index is 1020. The first kappa shape index (κ1) is 21.8. The van der Waals surface area contributed by atoms with Crippen molar-refractivity contribution >= 4 is 24.0 Å². The zero-order valence-corrected chi connectivity index (χ0v) is 19.5. The molecular formula is C27H33ClN2O2. The molecule has 6 rings (SSSR count). The molecule has 2 N–H and O–H groups in total. The molecule has 0 radical (unpaired) electrons. The molecule has 2 aromatic carbocycles. The van der Waals surface area contributed by atoms with Crippen LogP contribution in [0.1, 0.15) is 61.1 Å². The molecule has 4 nitrogen and oxygen atoms in total. The number of carbonyl (C=O) groups excluding carboxylic acids is 1. The number of halogens is 1. The second kappa shape index (κ2) is 8.07. The Morgan fingerprint density at radius 3 is 2.75 bits per heavy atom. The number of nitrogens with zero attached hydrogens (tertiary/aromatic N) is 1. The van der Waals surface area contributed by atoms with Gasteiger partial charge in [0.1, 0.15) is 5.75 Å². The maximum Gasteiger partial charge on any atom is 0.228 e. The van der Waals surface area contributed by atoms with Crippen LogP contribution in [-0.2, 0) is 16.6 Å². The smallest absolute Gasteiger partial charge is 0.228 e. The number of phenolic OH excluding ortho intramolecular Hbond substituents is 1. The van der Waals surface area contributed by atoms with Crippen LogP contribution in [0.4, 0.5) is 5.69 Å². The SMILES string of the molecule is CN1CC[C@]23CCCC[C@H]2[C@H]1Cc1cc(NC(=O)[C@@H]2CC2c2ccc(O)cc2)ccc13.Cl. The molecule has 1 saturated heterocycles. The lowest BCUT2D eigenvalue weighted by molar-refractivity contribution is -0.117. The number of phenols is 1. The molecule has 0 aromatic heterocycles. The molecule has 3 fully saturated rings. The van der Waals surface area contributed by atoms with Gasteiger partial charge in [-0.15, -0.1) is 12.4 Å². The van der Waals surface area contributed by atoms with E-state index in [2.05, 4.69) is 35.5 Å². The van der Waals surface area contributed by atoms with Gasteiger partial charge in [-0.05, 0) is 98.5 Å². The van der Waals surface area contributed by atoms with Crippen LogP contribution >= 0.6 is 12.4 Å². The number of rotatable bonds is 3. The summed E-state index contributed by atoms with van der Waals surface area (Å²) in [5, 5.41) is 12.7. The number of benzene rings is 2. The van der Waals surface area contributed by atoms with Gasteiger partial charge in [-0.25, -0.2) is 0 Å². The summed E-state index contributed by atoms with van der Waals surface area (Å²) >= 11 is 0. The first-order chi connectivity index (χ1) is 15.0. The molecular weight excluding hydrogens is 420 g/mol. The number of fused-ring (bicyclic) bond motifs is 1. The molecule has 2 aromatic rings. The van der Waals surface area contributed by atoms with E-state index in [4.69, 9.17) is 0 Å². The minimum absolute atomic E-state index is 0. The number of hydrogen-bond donors (Lipinski definition) is 2. The summed E-state index contributed by atoms with van der Waals surface area (Å²) in [7, 11) is 2.30. The van der Waals surface area contributed by atoms with Crippen LogP contribution in [0.15, 0.2) is 42.5 Å². The first-order valence-electron chi connectivity index (χ1n) is 12.0. The van der Waals surface area contributed by atoms with Crippen LogP contribution in [0.25, 0.3) is 0 Å². The third kappa shape index (κ3) is 3.43. The second-order valence-corrected chi connectivity index (χ2v) is 10.4. The molecule has 1 heterocycles. The topological polar surface area (TPSA) is 52.6 Å². The third-order valence-electron chi connectivity index (χ3n) is 8.83. The van der Waals surface area contributed by atoms with Crippen molar-refractivity contribution in [2.45, 2.75) is 62.3 Å². The van der Waals surface area contributed by atoms with E-state index in [0.717, 1.165) is 30.0 Å². The van der Waals surface area contributed by atoms with Crippen molar-refractivity contribution in [3.63, 3.8) is 0 Å². The van der Waals surface area contributed by atoms with Crippen LogP contribution in [0, 0.1) is 11.8 Å². The standard InChI is InChI=1S/C27H32N2O2.ClH/c1-29-13-12-27-11-3-2-4-24(27)25(29)15-18-14-19(7-10-23(18)27)28-26(31)22-16-21(22)17-5-8-20(30)9-6-17;/h5-10,14,21-22,24-25,30H,2-4,11-13,15-16H2,1H3,(H,28,31);1H/t21?,22-,24+,25-,27+;/m1./s1. The Labute approximate surface area is 196 Å². The van der Waals surface area contributed by atoms with Crippen molar-refractivity contribution in [3.8, 4) is 5.75 Å². The summed E-state index contributed by atoms with van der Waals surface area (Å²) in [6.07, 6.45) is 8.71. The van der Waals surface area contributed by atoms with Crippen molar-refractivity contribution in [2.24, 2.45) is 11.8 Å². The molecule has 1 unspecified atom stereocenters. The van der Waals surface area contributed by atoms with Crippen LogP contribution < -0.4 is 5.32 Å².